The molecular weight excluding hydrogens is 282 g/mol. The zero-order valence-corrected chi connectivity index (χ0v) is 13.9. The maximum absolute atomic E-state index is 5.72. The summed E-state index contributed by atoms with van der Waals surface area (Å²) < 4.78 is 5.72. The molecule has 0 spiro atoms. The lowest BCUT2D eigenvalue weighted by Gasteiger charge is -2.09. The first-order valence-corrected chi connectivity index (χ1v) is 8.19. The van der Waals surface area contributed by atoms with Gasteiger partial charge in [0.2, 0.25) is 0 Å². The van der Waals surface area contributed by atoms with Crippen LogP contribution in [0.1, 0.15) is 32.7 Å². The topological polar surface area (TPSA) is 47.0 Å². The van der Waals surface area contributed by atoms with Gasteiger partial charge in [0, 0.05) is 24.6 Å². The zero-order chi connectivity index (χ0) is 15.2. The highest BCUT2D eigenvalue weighted by Gasteiger charge is 2.08. The third-order valence-electron chi connectivity index (χ3n) is 2.81. The van der Waals surface area contributed by atoms with E-state index in [-0.39, 0.29) is 6.10 Å². The van der Waals surface area contributed by atoms with Crippen molar-refractivity contribution in [3.8, 4) is 16.3 Å². The molecule has 0 aliphatic heterocycles. The fourth-order valence-electron chi connectivity index (χ4n) is 1.91. The Hall–Kier alpha value is -1.46. The maximum atomic E-state index is 5.72. The predicted molar refractivity (Wildman–Crippen MR) is 88.0 cm³/mol. The van der Waals surface area contributed by atoms with Crippen LogP contribution in [-0.4, -0.2) is 28.9 Å². The summed E-state index contributed by atoms with van der Waals surface area (Å²) in [4.78, 5) is 0. The van der Waals surface area contributed by atoms with Crippen LogP contribution in [0.25, 0.3) is 10.6 Å². The van der Waals surface area contributed by atoms with Gasteiger partial charge in [-0.05, 0) is 26.0 Å². The third kappa shape index (κ3) is 5.10. The molecule has 1 N–H and O–H groups in total. The van der Waals surface area contributed by atoms with Crippen molar-refractivity contribution in [2.45, 2.75) is 46.3 Å². The monoisotopic (exact) mass is 305 g/mol. The first-order valence-electron chi connectivity index (χ1n) is 7.37. The molecule has 0 unspecified atom stereocenters. The summed E-state index contributed by atoms with van der Waals surface area (Å²) in [6.07, 6.45) is 1.09. The van der Waals surface area contributed by atoms with Gasteiger partial charge in [0.05, 0.1) is 6.10 Å². The van der Waals surface area contributed by atoms with Crippen molar-refractivity contribution in [3.63, 3.8) is 0 Å². The molecule has 0 atom stereocenters. The van der Waals surface area contributed by atoms with E-state index in [4.69, 9.17) is 4.74 Å². The van der Waals surface area contributed by atoms with Crippen LogP contribution in [0.15, 0.2) is 24.3 Å². The SMILES string of the molecule is CC(C)NCCc1nnc(-c2cccc(OC(C)C)c2)s1. The zero-order valence-electron chi connectivity index (χ0n) is 13.1. The number of hydrogen-bond acceptors (Lipinski definition) is 5. The minimum Gasteiger partial charge on any atom is -0.491 e. The standard InChI is InChI=1S/C16H23N3OS/c1-11(2)17-9-8-15-18-19-16(21-15)13-6-5-7-14(10-13)20-12(3)4/h5-7,10-12,17H,8-9H2,1-4H3. The van der Waals surface area contributed by atoms with Crippen LogP contribution in [0, 0.1) is 0 Å². The second-order valence-electron chi connectivity index (χ2n) is 5.55. The molecule has 2 rings (SSSR count). The average molecular weight is 305 g/mol. The Morgan fingerprint density at radius 3 is 2.71 bits per heavy atom. The number of nitrogens with zero attached hydrogens (tertiary/aromatic N) is 2. The number of hydrogen-bond donors (Lipinski definition) is 1. The van der Waals surface area contributed by atoms with Gasteiger partial charge in [-0.1, -0.05) is 37.3 Å². The van der Waals surface area contributed by atoms with Gasteiger partial charge in [0.1, 0.15) is 15.8 Å². The summed E-state index contributed by atoms with van der Waals surface area (Å²) >= 11 is 1.65. The highest BCUT2D eigenvalue weighted by atomic mass is 32.1. The Morgan fingerprint density at radius 1 is 1.19 bits per heavy atom. The van der Waals surface area contributed by atoms with E-state index in [9.17, 15) is 0 Å². The van der Waals surface area contributed by atoms with Crippen molar-refractivity contribution in [2.24, 2.45) is 0 Å². The van der Waals surface area contributed by atoms with E-state index >= 15 is 0 Å². The van der Waals surface area contributed by atoms with E-state index < -0.39 is 0 Å². The van der Waals surface area contributed by atoms with Crippen LogP contribution in [0.5, 0.6) is 5.75 Å². The van der Waals surface area contributed by atoms with Gasteiger partial charge in [-0.15, -0.1) is 10.2 Å². The van der Waals surface area contributed by atoms with Crippen LogP contribution in [-0.2, 0) is 6.42 Å². The molecule has 0 saturated heterocycles. The van der Waals surface area contributed by atoms with Crippen LogP contribution in [0.4, 0.5) is 0 Å². The van der Waals surface area contributed by atoms with Gasteiger partial charge >= 0.3 is 0 Å². The summed E-state index contributed by atoms with van der Waals surface area (Å²) in [6.45, 7) is 9.27. The molecule has 2 aromatic rings. The molecule has 21 heavy (non-hydrogen) atoms. The summed E-state index contributed by atoms with van der Waals surface area (Å²) in [5.41, 5.74) is 1.06. The second-order valence-corrected chi connectivity index (χ2v) is 6.62. The van der Waals surface area contributed by atoms with E-state index in [1.54, 1.807) is 11.3 Å². The Balaban J connectivity index is 2.03. The second kappa shape index (κ2) is 7.52. The maximum Gasteiger partial charge on any atom is 0.147 e. The average Bonchev–Trinajstić information content (AvgIpc) is 2.86. The predicted octanol–water partition coefficient (Wildman–Crippen LogP) is 3.53. The van der Waals surface area contributed by atoms with Crippen molar-refractivity contribution in [1.82, 2.24) is 15.5 Å². The first-order chi connectivity index (χ1) is 10.0. The van der Waals surface area contributed by atoms with Gasteiger partial charge in [-0.3, -0.25) is 0 Å². The van der Waals surface area contributed by atoms with E-state index in [1.165, 1.54) is 0 Å². The molecule has 0 aliphatic carbocycles. The lowest BCUT2D eigenvalue weighted by molar-refractivity contribution is 0.242. The molecule has 0 fully saturated rings. The van der Waals surface area contributed by atoms with Crippen molar-refractivity contribution >= 4 is 11.3 Å². The molecule has 0 aliphatic rings. The Kier molecular flexibility index (Phi) is 5.70. The van der Waals surface area contributed by atoms with E-state index in [1.807, 2.05) is 38.1 Å². The molecule has 0 radical (unpaired) electrons. The molecule has 4 nitrogen and oxygen atoms in total. The number of ether oxygens (including phenoxy) is 1. The molecule has 0 bridgehead atoms. The Morgan fingerprint density at radius 2 is 2.00 bits per heavy atom. The highest BCUT2D eigenvalue weighted by Crippen LogP contribution is 2.27. The molecule has 1 aromatic heterocycles. The van der Waals surface area contributed by atoms with E-state index in [2.05, 4.69) is 29.4 Å². The number of nitrogens with one attached hydrogen (secondary N) is 1. The van der Waals surface area contributed by atoms with Crippen LogP contribution < -0.4 is 10.1 Å². The van der Waals surface area contributed by atoms with Crippen LogP contribution in [0.2, 0.25) is 0 Å². The van der Waals surface area contributed by atoms with Gasteiger partial charge < -0.3 is 10.1 Å². The van der Waals surface area contributed by atoms with Crippen molar-refractivity contribution in [2.75, 3.05) is 6.54 Å². The van der Waals surface area contributed by atoms with Gasteiger partial charge in [0.15, 0.2) is 0 Å². The van der Waals surface area contributed by atoms with Gasteiger partial charge in [0.25, 0.3) is 0 Å². The Labute approximate surface area is 130 Å². The number of benzene rings is 1. The summed E-state index contributed by atoms with van der Waals surface area (Å²) in [5, 5.41) is 14.0. The van der Waals surface area contributed by atoms with Gasteiger partial charge in [-0.25, -0.2) is 0 Å². The lowest BCUT2D eigenvalue weighted by atomic mass is 10.2. The van der Waals surface area contributed by atoms with Crippen molar-refractivity contribution in [3.05, 3.63) is 29.3 Å². The largest absolute Gasteiger partial charge is 0.491 e. The number of aromatic nitrogens is 2. The fourth-order valence-corrected chi connectivity index (χ4v) is 2.75. The quantitative estimate of drug-likeness (QED) is 0.850. The smallest absolute Gasteiger partial charge is 0.147 e. The normalized spacial score (nSPS) is 11.3. The lowest BCUT2D eigenvalue weighted by Crippen LogP contribution is -2.24. The van der Waals surface area contributed by atoms with E-state index in [0.717, 1.165) is 34.3 Å². The molecule has 1 aromatic carbocycles. The molecule has 5 heteroatoms. The van der Waals surface area contributed by atoms with Crippen molar-refractivity contribution < 1.29 is 4.74 Å². The molecule has 0 saturated carbocycles. The fraction of sp³-hybridized carbons (Fsp3) is 0.500. The Bertz CT molecular complexity index is 566. The summed E-state index contributed by atoms with van der Waals surface area (Å²) in [7, 11) is 0. The number of rotatable bonds is 7. The molecule has 0 amide bonds. The van der Waals surface area contributed by atoms with Gasteiger partial charge in [-0.2, -0.15) is 0 Å². The van der Waals surface area contributed by atoms with Crippen LogP contribution >= 0.6 is 11.3 Å². The first kappa shape index (κ1) is 15.9. The minimum absolute atomic E-state index is 0.173. The molecular formula is C16H23N3OS. The summed E-state index contributed by atoms with van der Waals surface area (Å²) in [6, 6.07) is 8.54. The molecule has 114 valence electrons. The van der Waals surface area contributed by atoms with Crippen LogP contribution in [0.3, 0.4) is 0 Å². The molecule has 1 heterocycles. The minimum atomic E-state index is 0.173. The van der Waals surface area contributed by atoms with Crippen molar-refractivity contribution in [1.29, 1.82) is 0 Å². The summed E-state index contributed by atoms with van der Waals surface area (Å²) in [5.74, 6) is 0.876. The highest BCUT2D eigenvalue weighted by molar-refractivity contribution is 7.14. The third-order valence-corrected chi connectivity index (χ3v) is 3.84. The van der Waals surface area contributed by atoms with E-state index in [0.29, 0.717) is 6.04 Å².